The van der Waals surface area contributed by atoms with E-state index in [0.29, 0.717) is 0 Å². The van der Waals surface area contributed by atoms with Crippen LogP contribution in [0.25, 0.3) is 66.7 Å². The summed E-state index contributed by atoms with van der Waals surface area (Å²) in [4.78, 5) is 9.49. The third-order valence-electron chi connectivity index (χ3n) is 11.4. The van der Waals surface area contributed by atoms with Crippen molar-refractivity contribution in [2.45, 2.75) is 32.4 Å². The summed E-state index contributed by atoms with van der Waals surface area (Å²) in [5.41, 5.74) is 12.4. The van der Waals surface area contributed by atoms with Crippen LogP contribution in [0.4, 0.5) is 0 Å². The van der Waals surface area contributed by atoms with E-state index in [1.807, 2.05) is 6.20 Å². The van der Waals surface area contributed by atoms with Gasteiger partial charge in [0, 0.05) is 48.0 Å². The number of para-hydroxylation sites is 1. The molecule has 5 nitrogen and oxygen atoms in total. The Morgan fingerprint density at radius 1 is 0.586 bits per heavy atom. The summed E-state index contributed by atoms with van der Waals surface area (Å²) in [6.45, 7) is 6.72. The minimum Gasteiger partial charge on any atom is -0.457 e. The Bertz CT molecular complexity index is 2870. The molecule has 0 amide bonds. The lowest BCUT2D eigenvalue weighted by atomic mass is 9.87. The van der Waals surface area contributed by atoms with Crippen molar-refractivity contribution in [1.29, 1.82) is 0 Å². The van der Waals surface area contributed by atoms with Crippen molar-refractivity contribution in [3.8, 4) is 50.7 Å². The highest BCUT2D eigenvalue weighted by Crippen LogP contribution is 2.45. The monoisotopic (exact) mass is 752 g/mol. The van der Waals surface area contributed by atoms with E-state index in [9.17, 15) is 0 Å². The van der Waals surface area contributed by atoms with E-state index in [0.717, 1.165) is 78.4 Å². The molecule has 0 fully saturated rings. The molecule has 6 aromatic carbocycles. The fourth-order valence-corrected chi connectivity index (χ4v) is 8.54. The van der Waals surface area contributed by atoms with E-state index in [2.05, 4.69) is 224 Å². The molecule has 0 saturated heterocycles. The number of pyridine rings is 1. The number of hydrogen-bond donors (Lipinski definition) is 0. The van der Waals surface area contributed by atoms with Gasteiger partial charge in [-0.25, -0.2) is 4.98 Å². The molecule has 0 spiro atoms. The van der Waals surface area contributed by atoms with Crippen molar-refractivity contribution in [2.24, 2.45) is 0 Å². The number of allylic oxidation sites excluding steroid dienone is 2. The number of hydrogen-bond acceptors (Lipinski definition) is 4. The lowest BCUT2D eigenvalue weighted by molar-refractivity contribution is 0.282. The van der Waals surface area contributed by atoms with Crippen LogP contribution >= 0.6 is 0 Å². The topological polar surface area (TPSA) is 33.5 Å². The third-order valence-corrected chi connectivity index (χ3v) is 11.4. The molecule has 58 heavy (non-hydrogen) atoms. The maximum Gasteiger partial charge on any atom is 0.137 e. The second-order valence-electron chi connectivity index (χ2n) is 16.2. The highest BCUT2D eigenvalue weighted by Gasteiger charge is 2.29. The van der Waals surface area contributed by atoms with Crippen molar-refractivity contribution in [2.75, 3.05) is 7.05 Å². The normalized spacial score (nSPS) is 15.0. The zero-order valence-electron chi connectivity index (χ0n) is 33.2. The molecule has 0 N–H and O–H groups in total. The summed E-state index contributed by atoms with van der Waals surface area (Å²) in [5.74, 6) is 2.40. The van der Waals surface area contributed by atoms with Gasteiger partial charge in [0.15, 0.2) is 0 Å². The molecule has 0 radical (unpaired) electrons. The predicted molar refractivity (Wildman–Crippen MR) is 240 cm³/mol. The van der Waals surface area contributed by atoms with E-state index in [1.165, 1.54) is 10.9 Å². The Morgan fingerprint density at radius 2 is 1.28 bits per heavy atom. The number of nitrogens with zero attached hydrogens (tertiary/aromatic N) is 4. The van der Waals surface area contributed by atoms with Crippen molar-refractivity contribution < 1.29 is 4.74 Å². The summed E-state index contributed by atoms with van der Waals surface area (Å²) in [5, 5.41) is 2.33. The van der Waals surface area contributed by atoms with Gasteiger partial charge < -0.3 is 14.5 Å². The standard InChI is InChI=1S/C53H44N4O/c1-53(2,3)40-27-28-54-50(33-40)57-47-23-12-11-20-45(47)46-26-25-41(34-48(46)57)58-42-31-38(49-35-55(4)51-24-13-14-29-56(49)51)30-39(32-42)52-43(36-16-7-5-8-17-36)21-15-22-44(52)37-18-9-6-10-19-37/h5-35,51H,1-4H3. The molecule has 5 heteroatoms. The van der Waals surface area contributed by atoms with Crippen LogP contribution in [0.2, 0.25) is 0 Å². The Hall–Kier alpha value is -7.11. The molecule has 4 heterocycles. The smallest absolute Gasteiger partial charge is 0.137 e. The molecular weight excluding hydrogens is 709 g/mol. The number of fused-ring (bicyclic) bond motifs is 4. The quantitative estimate of drug-likeness (QED) is 0.162. The Balaban J connectivity index is 1.17. The van der Waals surface area contributed by atoms with Crippen LogP contribution in [0.3, 0.4) is 0 Å². The van der Waals surface area contributed by atoms with Gasteiger partial charge in [0.05, 0.1) is 16.7 Å². The lowest BCUT2D eigenvalue weighted by Crippen LogP contribution is -2.33. The van der Waals surface area contributed by atoms with Crippen LogP contribution in [0.15, 0.2) is 188 Å². The Labute approximate surface area is 340 Å². The molecule has 0 bridgehead atoms. The van der Waals surface area contributed by atoms with Crippen molar-refractivity contribution in [3.63, 3.8) is 0 Å². The van der Waals surface area contributed by atoms with Gasteiger partial charge in [-0.15, -0.1) is 0 Å². The van der Waals surface area contributed by atoms with Gasteiger partial charge in [-0.1, -0.05) is 124 Å². The molecule has 2 aliphatic heterocycles. The van der Waals surface area contributed by atoms with Gasteiger partial charge in [-0.2, -0.15) is 0 Å². The van der Waals surface area contributed by atoms with Crippen molar-refractivity contribution in [1.82, 2.24) is 19.4 Å². The van der Waals surface area contributed by atoms with Crippen LogP contribution in [-0.4, -0.2) is 32.6 Å². The van der Waals surface area contributed by atoms with Gasteiger partial charge in [-0.3, -0.25) is 4.57 Å². The SMILES string of the molecule is CN1C=C(c2cc(Oc3ccc4c5ccccc5n(-c5cc(C(C)(C)C)ccn5)c4c3)cc(-c3c(-c4ccccc4)cccc3-c3ccccc3)c2)N2C=CC=CC12. The first-order valence-corrected chi connectivity index (χ1v) is 19.9. The molecule has 2 aliphatic rings. The summed E-state index contributed by atoms with van der Waals surface area (Å²) < 4.78 is 9.31. The number of aromatic nitrogens is 2. The maximum absolute atomic E-state index is 7.04. The number of benzene rings is 6. The highest BCUT2D eigenvalue weighted by molar-refractivity contribution is 6.09. The van der Waals surface area contributed by atoms with E-state index >= 15 is 0 Å². The van der Waals surface area contributed by atoms with E-state index in [-0.39, 0.29) is 11.6 Å². The van der Waals surface area contributed by atoms with Crippen LogP contribution < -0.4 is 4.74 Å². The molecule has 1 atom stereocenters. The molecule has 0 saturated carbocycles. The molecule has 10 rings (SSSR count). The molecule has 282 valence electrons. The Kier molecular flexibility index (Phi) is 8.60. The molecule has 1 unspecified atom stereocenters. The molecule has 8 aromatic rings. The second kappa shape index (κ2) is 14.1. The minimum atomic E-state index is -0.0171. The highest BCUT2D eigenvalue weighted by atomic mass is 16.5. The number of likely N-dealkylation sites (N-methyl/N-ethyl adjacent to an activating group) is 1. The zero-order chi connectivity index (χ0) is 39.4. The second-order valence-corrected chi connectivity index (χ2v) is 16.2. The van der Waals surface area contributed by atoms with Gasteiger partial charge >= 0.3 is 0 Å². The molecular formula is C53H44N4O. The fraction of sp³-hybridized carbons (Fsp3) is 0.113. The third kappa shape index (κ3) is 6.25. The summed E-state index contributed by atoms with van der Waals surface area (Å²) in [6, 6.07) is 54.0. The maximum atomic E-state index is 7.04. The summed E-state index contributed by atoms with van der Waals surface area (Å²) in [7, 11) is 2.13. The predicted octanol–water partition coefficient (Wildman–Crippen LogP) is 13.2. The van der Waals surface area contributed by atoms with Gasteiger partial charge in [0.2, 0.25) is 0 Å². The summed E-state index contributed by atoms with van der Waals surface area (Å²) in [6.07, 6.45) is 12.9. The van der Waals surface area contributed by atoms with E-state index < -0.39 is 0 Å². The van der Waals surface area contributed by atoms with Crippen molar-refractivity contribution in [3.05, 3.63) is 200 Å². The van der Waals surface area contributed by atoms with Crippen LogP contribution in [-0.2, 0) is 5.41 Å². The molecule has 2 aromatic heterocycles. The summed E-state index contributed by atoms with van der Waals surface area (Å²) >= 11 is 0. The van der Waals surface area contributed by atoms with Crippen LogP contribution in [0.1, 0.15) is 31.9 Å². The van der Waals surface area contributed by atoms with Crippen LogP contribution in [0.5, 0.6) is 11.5 Å². The van der Waals surface area contributed by atoms with Crippen molar-refractivity contribution >= 4 is 27.5 Å². The first kappa shape index (κ1) is 35.3. The fourth-order valence-electron chi connectivity index (χ4n) is 8.54. The largest absolute Gasteiger partial charge is 0.457 e. The van der Waals surface area contributed by atoms with Gasteiger partial charge in [0.1, 0.15) is 23.5 Å². The van der Waals surface area contributed by atoms with Gasteiger partial charge in [0.25, 0.3) is 0 Å². The first-order valence-electron chi connectivity index (χ1n) is 19.9. The van der Waals surface area contributed by atoms with Gasteiger partial charge in [-0.05, 0) is 105 Å². The lowest BCUT2D eigenvalue weighted by Gasteiger charge is -2.29. The number of ether oxygens (including phenoxy) is 1. The van der Waals surface area contributed by atoms with E-state index in [1.54, 1.807) is 0 Å². The van der Waals surface area contributed by atoms with E-state index in [4.69, 9.17) is 9.72 Å². The number of rotatable bonds is 7. The Morgan fingerprint density at radius 3 is 2.02 bits per heavy atom. The average molecular weight is 753 g/mol. The van der Waals surface area contributed by atoms with Crippen LogP contribution in [0, 0.1) is 0 Å². The molecule has 0 aliphatic carbocycles. The zero-order valence-corrected chi connectivity index (χ0v) is 33.2. The first-order chi connectivity index (χ1) is 28.3. The average Bonchev–Trinajstić information content (AvgIpc) is 3.77. The minimum absolute atomic E-state index is 0.0171.